The second kappa shape index (κ2) is 8.58. The second-order valence-electron chi connectivity index (χ2n) is 8.70. The Labute approximate surface area is 177 Å². The molecular weight excluding hydrogens is 384 g/mol. The number of pyridine rings is 1. The number of nitrogens with one attached hydrogen (secondary N) is 1. The molecule has 3 rings (SSSR count). The topological polar surface area (TPSA) is 53.2 Å². The molecule has 1 saturated heterocycles. The van der Waals surface area contributed by atoms with Crippen LogP contribution < -0.4 is 5.56 Å². The Kier molecular flexibility index (Phi) is 6.33. The summed E-state index contributed by atoms with van der Waals surface area (Å²) in [5, 5.41) is 0.178. The van der Waals surface area contributed by atoms with E-state index in [4.69, 9.17) is 11.6 Å². The standard InChI is InChI=1S/C24H29ClN2O2/c1-5-22(28)27-13-12-16(15-27)14-19(21-11-10-20(25)23(29)26-21)17-6-8-18(9-7-17)24(2,3)4/h6-11,14,16H,5,12-13,15H2,1-4H3,(H,26,29)/t16-/m1/s1. The lowest BCUT2D eigenvalue weighted by Crippen LogP contribution is -2.27. The van der Waals surface area contributed by atoms with Crippen molar-refractivity contribution in [2.24, 2.45) is 5.92 Å². The first kappa shape index (κ1) is 21.4. The van der Waals surface area contributed by atoms with Gasteiger partial charge in [-0.3, -0.25) is 9.59 Å². The van der Waals surface area contributed by atoms with Gasteiger partial charge in [-0.25, -0.2) is 0 Å². The molecule has 1 aliphatic heterocycles. The molecule has 154 valence electrons. The maximum atomic E-state index is 12.1. The smallest absolute Gasteiger partial charge is 0.267 e. The molecule has 5 heteroatoms. The first-order valence-corrected chi connectivity index (χ1v) is 10.6. The van der Waals surface area contributed by atoms with Gasteiger partial charge in [-0.05, 0) is 41.0 Å². The van der Waals surface area contributed by atoms with E-state index in [-0.39, 0.29) is 27.8 Å². The summed E-state index contributed by atoms with van der Waals surface area (Å²) in [5.41, 5.74) is 3.78. The van der Waals surface area contributed by atoms with Gasteiger partial charge in [0.2, 0.25) is 5.91 Å². The summed E-state index contributed by atoms with van der Waals surface area (Å²) in [4.78, 5) is 29.0. The van der Waals surface area contributed by atoms with E-state index in [0.717, 1.165) is 29.8 Å². The Bertz CT molecular complexity index is 968. The molecule has 1 N–H and O–H groups in total. The molecule has 0 spiro atoms. The molecule has 0 unspecified atom stereocenters. The monoisotopic (exact) mass is 412 g/mol. The van der Waals surface area contributed by atoms with Crippen LogP contribution in [0.5, 0.6) is 0 Å². The summed E-state index contributed by atoms with van der Waals surface area (Å²) < 4.78 is 0. The minimum Gasteiger partial charge on any atom is -0.342 e. The molecule has 0 saturated carbocycles. The number of hydrogen-bond donors (Lipinski definition) is 1. The third-order valence-electron chi connectivity index (χ3n) is 5.50. The molecule has 1 aromatic carbocycles. The summed E-state index contributed by atoms with van der Waals surface area (Å²) in [6.45, 7) is 9.95. The van der Waals surface area contributed by atoms with Crippen LogP contribution in [0.3, 0.4) is 0 Å². The largest absolute Gasteiger partial charge is 0.342 e. The number of aromatic amines is 1. The van der Waals surface area contributed by atoms with Crippen LogP contribution in [0.25, 0.3) is 5.57 Å². The fraction of sp³-hybridized carbons (Fsp3) is 0.417. The van der Waals surface area contributed by atoms with Gasteiger partial charge in [0.05, 0.1) is 0 Å². The summed E-state index contributed by atoms with van der Waals surface area (Å²) in [7, 11) is 0. The highest BCUT2D eigenvalue weighted by molar-refractivity contribution is 6.30. The number of carbonyl (C=O) groups is 1. The van der Waals surface area contributed by atoms with Crippen LogP contribution in [0, 0.1) is 5.92 Å². The summed E-state index contributed by atoms with van der Waals surface area (Å²) in [5.74, 6) is 0.443. The quantitative estimate of drug-likeness (QED) is 0.766. The highest BCUT2D eigenvalue weighted by Crippen LogP contribution is 2.30. The van der Waals surface area contributed by atoms with E-state index in [1.54, 1.807) is 6.07 Å². The van der Waals surface area contributed by atoms with Gasteiger partial charge in [0.1, 0.15) is 5.02 Å². The molecule has 2 heterocycles. The Morgan fingerprint density at radius 1 is 1.21 bits per heavy atom. The van der Waals surface area contributed by atoms with Gasteiger partial charge in [-0.2, -0.15) is 0 Å². The van der Waals surface area contributed by atoms with Gasteiger partial charge < -0.3 is 9.88 Å². The highest BCUT2D eigenvalue weighted by atomic mass is 35.5. The van der Waals surface area contributed by atoms with Crippen molar-refractivity contribution in [2.75, 3.05) is 13.1 Å². The van der Waals surface area contributed by atoms with Crippen LogP contribution in [0.15, 0.2) is 47.3 Å². The second-order valence-corrected chi connectivity index (χ2v) is 9.11. The van der Waals surface area contributed by atoms with Gasteiger partial charge in [-0.1, -0.05) is 69.6 Å². The lowest BCUT2D eigenvalue weighted by atomic mass is 9.85. The number of aromatic nitrogens is 1. The predicted octanol–water partition coefficient (Wildman–Crippen LogP) is 5.02. The third-order valence-corrected chi connectivity index (χ3v) is 5.79. The first-order valence-electron chi connectivity index (χ1n) is 10.2. The fourth-order valence-corrected chi connectivity index (χ4v) is 3.82. The lowest BCUT2D eigenvalue weighted by molar-refractivity contribution is -0.129. The number of amides is 1. The van der Waals surface area contributed by atoms with Crippen LogP contribution in [0.2, 0.25) is 5.02 Å². The normalized spacial score (nSPS) is 17.6. The minimum absolute atomic E-state index is 0.0729. The van der Waals surface area contributed by atoms with Gasteiger partial charge in [0.25, 0.3) is 5.56 Å². The van der Waals surface area contributed by atoms with E-state index in [9.17, 15) is 9.59 Å². The molecule has 4 nitrogen and oxygen atoms in total. The number of hydrogen-bond acceptors (Lipinski definition) is 2. The van der Waals surface area contributed by atoms with Crippen molar-refractivity contribution in [2.45, 2.75) is 46.0 Å². The molecule has 0 bridgehead atoms. The maximum absolute atomic E-state index is 12.1. The molecule has 1 aliphatic rings. The predicted molar refractivity (Wildman–Crippen MR) is 119 cm³/mol. The Balaban J connectivity index is 1.99. The number of halogens is 1. The number of nitrogens with zero attached hydrogens (tertiary/aromatic N) is 1. The van der Waals surface area contributed by atoms with E-state index in [1.807, 2.05) is 17.9 Å². The maximum Gasteiger partial charge on any atom is 0.267 e. The molecule has 1 atom stereocenters. The van der Waals surface area contributed by atoms with Crippen molar-refractivity contribution in [3.8, 4) is 0 Å². The number of carbonyl (C=O) groups excluding carboxylic acids is 1. The highest BCUT2D eigenvalue weighted by Gasteiger charge is 2.25. The summed E-state index contributed by atoms with van der Waals surface area (Å²) >= 11 is 5.94. The third kappa shape index (κ3) is 4.99. The average Bonchev–Trinajstić information content (AvgIpc) is 3.16. The number of benzene rings is 1. The van der Waals surface area contributed by atoms with E-state index in [2.05, 4.69) is 56.1 Å². The van der Waals surface area contributed by atoms with Crippen LogP contribution in [0.1, 0.15) is 57.4 Å². The number of rotatable bonds is 4. The van der Waals surface area contributed by atoms with Crippen molar-refractivity contribution < 1.29 is 4.79 Å². The molecule has 2 aromatic rings. The fourth-order valence-electron chi connectivity index (χ4n) is 3.71. The molecule has 1 fully saturated rings. The van der Waals surface area contributed by atoms with E-state index < -0.39 is 0 Å². The molecule has 1 aromatic heterocycles. The van der Waals surface area contributed by atoms with Crippen molar-refractivity contribution in [3.05, 3.63) is 74.7 Å². The average molecular weight is 413 g/mol. The SMILES string of the molecule is CCC(=O)N1CC[C@H](C=C(c2ccc(C(C)(C)C)cc2)c2ccc(Cl)c(=O)[nH]2)C1. The zero-order chi connectivity index (χ0) is 21.2. The Morgan fingerprint density at radius 2 is 1.90 bits per heavy atom. The lowest BCUT2D eigenvalue weighted by Gasteiger charge is -2.20. The number of H-pyrrole nitrogens is 1. The molecule has 29 heavy (non-hydrogen) atoms. The molecule has 0 aliphatic carbocycles. The van der Waals surface area contributed by atoms with E-state index >= 15 is 0 Å². The van der Waals surface area contributed by atoms with Crippen molar-refractivity contribution in [3.63, 3.8) is 0 Å². The van der Waals surface area contributed by atoms with E-state index in [0.29, 0.717) is 13.0 Å². The van der Waals surface area contributed by atoms with Crippen LogP contribution in [-0.4, -0.2) is 28.9 Å². The van der Waals surface area contributed by atoms with Crippen molar-refractivity contribution in [1.82, 2.24) is 9.88 Å². The van der Waals surface area contributed by atoms with Gasteiger partial charge in [0.15, 0.2) is 0 Å². The Hall–Kier alpha value is -2.33. The van der Waals surface area contributed by atoms with Gasteiger partial charge in [-0.15, -0.1) is 0 Å². The van der Waals surface area contributed by atoms with Crippen LogP contribution in [0.4, 0.5) is 0 Å². The summed E-state index contributed by atoms with van der Waals surface area (Å²) in [6.07, 6.45) is 3.64. The van der Waals surface area contributed by atoms with Crippen molar-refractivity contribution >= 4 is 23.1 Å². The first-order chi connectivity index (χ1) is 13.7. The summed E-state index contributed by atoms with van der Waals surface area (Å²) in [6, 6.07) is 12.0. The minimum atomic E-state index is -0.296. The zero-order valence-corrected chi connectivity index (χ0v) is 18.3. The Morgan fingerprint density at radius 3 is 2.48 bits per heavy atom. The van der Waals surface area contributed by atoms with Crippen LogP contribution >= 0.6 is 11.6 Å². The van der Waals surface area contributed by atoms with Gasteiger partial charge >= 0.3 is 0 Å². The number of likely N-dealkylation sites (tertiary alicyclic amines) is 1. The van der Waals surface area contributed by atoms with E-state index in [1.165, 1.54) is 5.56 Å². The van der Waals surface area contributed by atoms with Gasteiger partial charge in [0, 0.05) is 30.8 Å². The molecule has 1 amide bonds. The zero-order valence-electron chi connectivity index (χ0n) is 17.6. The molecular formula is C24H29ClN2O2. The van der Waals surface area contributed by atoms with Crippen LogP contribution in [-0.2, 0) is 10.2 Å². The van der Waals surface area contributed by atoms with Crippen molar-refractivity contribution in [1.29, 1.82) is 0 Å². The molecule has 0 radical (unpaired) electrons.